The smallest absolute Gasteiger partial charge is 0.261 e. The van der Waals surface area contributed by atoms with Crippen LogP contribution in [0.1, 0.15) is 25.7 Å². The van der Waals surface area contributed by atoms with Gasteiger partial charge in [0.25, 0.3) is 5.91 Å². The third-order valence-electron chi connectivity index (χ3n) is 5.08. The molecule has 2 fully saturated rings. The minimum absolute atomic E-state index is 0.0953. The first kappa shape index (κ1) is 19.4. The van der Waals surface area contributed by atoms with Gasteiger partial charge in [0.05, 0.1) is 10.6 Å². The number of nitrogens with one attached hydrogen (secondary N) is 2. The zero-order chi connectivity index (χ0) is 19.4. The first-order chi connectivity index (χ1) is 13.0. The summed E-state index contributed by atoms with van der Waals surface area (Å²) < 4.78 is 27.7. The number of anilines is 1. The number of benzene rings is 1. The minimum atomic E-state index is -3.88. The highest BCUT2D eigenvalue weighted by atomic mass is 32.2. The lowest BCUT2D eigenvalue weighted by Crippen LogP contribution is -2.48. The second-order valence-electron chi connectivity index (χ2n) is 6.63. The van der Waals surface area contributed by atoms with E-state index in [4.69, 9.17) is 10.0 Å². The summed E-state index contributed by atoms with van der Waals surface area (Å²) in [5, 5.41) is 9.01. The third-order valence-corrected chi connectivity index (χ3v) is 7.03. The fraction of sp³-hybridized carbons (Fsp3) is 0.389. The summed E-state index contributed by atoms with van der Waals surface area (Å²) in [6.07, 6.45) is 7.55. The number of carbonyl (C=O) groups excluding carboxylic acids is 1. The minimum Gasteiger partial charge on any atom is -0.390 e. The van der Waals surface area contributed by atoms with Crippen LogP contribution >= 0.6 is 0 Å². The number of carbonyl (C=O) groups is 1. The van der Waals surface area contributed by atoms with Gasteiger partial charge in [0.1, 0.15) is 12.3 Å². The molecule has 27 heavy (non-hydrogen) atoms. The third kappa shape index (κ3) is 3.85. The van der Waals surface area contributed by atoms with Crippen molar-refractivity contribution in [1.29, 1.82) is 0 Å². The molecule has 1 saturated carbocycles. The molecule has 3 atom stereocenters. The quantitative estimate of drug-likeness (QED) is 0.284. The van der Waals surface area contributed by atoms with Gasteiger partial charge in [-0.05, 0) is 55.5 Å². The summed E-state index contributed by atoms with van der Waals surface area (Å²) in [4.78, 5) is 17.2. The maximum absolute atomic E-state index is 13.2. The van der Waals surface area contributed by atoms with E-state index in [1.807, 2.05) is 0 Å². The molecule has 1 saturated heterocycles. The molecule has 2 aliphatic rings. The molecule has 0 spiro atoms. The van der Waals surface area contributed by atoms with Gasteiger partial charge in [-0.25, -0.2) is 19.4 Å². The van der Waals surface area contributed by atoms with Crippen molar-refractivity contribution in [1.82, 2.24) is 9.79 Å². The fourth-order valence-corrected chi connectivity index (χ4v) is 5.78. The second kappa shape index (κ2) is 8.12. The zero-order valence-corrected chi connectivity index (χ0v) is 15.6. The summed E-state index contributed by atoms with van der Waals surface area (Å²) in [7, 11) is -3.88. The number of rotatable bonds is 7. The molecule has 3 N–H and O–H groups in total. The summed E-state index contributed by atoms with van der Waals surface area (Å²) in [6, 6.07) is 5.00. The molecule has 0 bridgehead atoms. The highest BCUT2D eigenvalue weighted by Gasteiger charge is 2.52. The lowest BCUT2D eigenvalue weighted by atomic mass is 10.0. The summed E-state index contributed by atoms with van der Waals surface area (Å²) >= 11 is 0. The molecule has 146 valence electrons. The molecular weight excluding hydrogens is 370 g/mol. The van der Waals surface area contributed by atoms with Crippen molar-refractivity contribution in [2.24, 2.45) is 5.92 Å². The Balaban J connectivity index is 1.82. The van der Waals surface area contributed by atoms with Crippen molar-refractivity contribution >= 4 is 21.6 Å². The molecule has 1 aliphatic heterocycles. The van der Waals surface area contributed by atoms with Gasteiger partial charge >= 0.3 is 0 Å². The maximum Gasteiger partial charge on any atom is 0.261 e. The van der Waals surface area contributed by atoms with Crippen LogP contribution in [-0.4, -0.2) is 35.9 Å². The predicted octanol–water partition coefficient (Wildman–Crippen LogP) is 2.17. The Morgan fingerprint density at radius 1 is 1.30 bits per heavy atom. The summed E-state index contributed by atoms with van der Waals surface area (Å²) in [5.41, 5.74) is 4.84. The first-order valence-electron chi connectivity index (χ1n) is 8.76. The van der Waals surface area contributed by atoms with Gasteiger partial charge in [0.15, 0.2) is 0 Å². The number of nitrogens with zero attached hydrogens (tertiary/aromatic N) is 1. The normalized spacial score (nSPS) is 25.3. The van der Waals surface area contributed by atoms with Crippen molar-refractivity contribution in [3.05, 3.63) is 49.3 Å². The predicted molar refractivity (Wildman–Crippen MR) is 99.0 cm³/mol. The van der Waals surface area contributed by atoms with Crippen LogP contribution in [0.15, 0.2) is 54.2 Å². The molecule has 9 heteroatoms. The van der Waals surface area contributed by atoms with E-state index >= 15 is 0 Å². The molecule has 1 aromatic carbocycles. The van der Waals surface area contributed by atoms with Gasteiger partial charge in [0, 0.05) is 6.04 Å². The van der Waals surface area contributed by atoms with Gasteiger partial charge in [-0.15, -0.1) is 0 Å². The summed E-state index contributed by atoms with van der Waals surface area (Å²) in [6.45, 7) is 3.52. The summed E-state index contributed by atoms with van der Waals surface area (Å²) in [5.74, 6) is -0.540. The molecule has 0 aromatic heterocycles. The highest BCUT2D eigenvalue weighted by molar-refractivity contribution is 7.89. The molecule has 1 amide bonds. The van der Waals surface area contributed by atoms with Gasteiger partial charge < -0.3 is 4.84 Å². The Morgan fingerprint density at radius 3 is 2.70 bits per heavy atom. The average Bonchev–Trinajstić information content (AvgIpc) is 3.26. The fourth-order valence-electron chi connectivity index (χ4n) is 3.91. The number of allylic oxidation sites excluding steroid dienone is 2. The molecule has 0 radical (unpaired) electrons. The van der Waals surface area contributed by atoms with Crippen LogP contribution < -0.4 is 11.0 Å². The molecule has 8 nitrogen and oxygen atoms in total. The Labute approximate surface area is 158 Å². The molecule has 3 rings (SSSR count). The van der Waals surface area contributed by atoms with Crippen LogP contribution in [0.3, 0.4) is 0 Å². The largest absolute Gasteiger partial charge is 0.390 e. The van der Waals surface area contributed by atoms with E-state index in [9.17, 15) is 13.2 Å². The Kier molecular flexibility index (Phi) is 5.83. The van der Waals surface area contributed by atoms with E-state index in [1.54, 1.807) is 29.8 Å². The van der Waals surface area contributed by atoms with Crippen LogP contribution in [-0.2, 0) is 19.7 Å². The number of fused-ring (bicyclic) bond motifs is 1. The highest BCUT2D eigenvalue weighted by Crippen LogP contribution is 2.44. The van der Waals surface area contributed by atoms with Gasteiger partial charge in [-0.3, -0.25) is 10.0 Å². The first-order valence-corrected chi connectivity index (χ1v) is 10.2. The van der Waals surface area contributed by atoms with E-state index in [1.165, 1.54) is 22.7 Å². The van der Waals surface area contributed by atoms with Crippen molar-refractivity contribution in [2.45, 2.75) is 42.7 Å². The van der Waals surface area contributed by atoms with E-state index in [-0.39, 0.29) is 16.9 Å². The van der Waals surface area contributed by atoms with Crippen molar-refractivity contribution in [2.75, 3.05) is 5.48 Å². The second-order valence-corrected chi connectivity index (χ2v) is 8.47. The van der Waals surface area contributed by atoms with Gasteiger partial charge in [-0.1, -0.05) is 19.1 Å². The van der Waals surface area contributed by atoms with Crippen molar-refractivity contribution in [3.8, 4) is 0 Å². The Morgan fingerprint density at radius 2 is 2.04 bits per heavy atom. The SMILES string of the molecule is C=C/C=C\ONc1ccc(S(=O)(=O)N2C(C(=O)NO)C[C@H]3CCC[C@H]32)cc1. The lowest BCUT2D eigenvalue weighted by Gasteiger charge is -2.27. The topological polar surface area (TPSA) is 108 Å². The molecule has 1 aliphatic carbocycles. The molecule has 1 heterocycles. The standard InChI is InChI=1S/C18H23N3O5S/c1-2-3-11-26-20-14-7-9-15(10-8-14)27(24,25)21-16-6-4-5-13(16)12-17(21)18(22)19-23/h2-3,7-11,13,16-17,20,23H,1,4-6,12H2,(H,19,22)/b11-3-/t13-,16-,17?/m1/s1. The van der Waals surface area contributed by atoms with Crippen molar-refractivity contribution in [3.63, 3.8) is 0 Å². The van der Waals surface area contributed by atoms with Crippen molar-refractivity contribution < 1.29 is 23.3 Å². The number of hydrogen-bond acceptors (Lipinski definition) is 6. The number of sulfonamides is 1. The van der Waals surface area contributed by atoms with Crippen LogP contribution in [0.2, 0.25) is 0 Å². The monoisotopic (exact) mass is 393 g/mol. The van der Waals surface area contributed by atoms with E-state index in [2.05, 4.69) is 12.1 Å². The van der Waals surface area contributed by atoms with Crippen LogP contribution in [0.4, 0.5) is 5.69 Å². The van der Waals surface area contributed by atoms with Gasteiger partial charge in [0.2, 0.25) is 10.0 Å². The maximum atomic E-state index is 13.2. The van der Waals surface area contributed by atoms with Gasteiger partial charge in [-0.2, -0.15) is 4.31 Å². The molecule has 1 unspecified atom stereocenters. The Bertz CT molecular complexity index is 822. The number of amides is 1. The number of hydroxylamine groups is 1. The van der Waals surface area contributed by atoms with Crippen LogP contribution in [0.5, 0.6) is 0 Å². The van der Waals surface area contributed by atoms with E-state index < -0.39 is 22.0 Å². The Hall–Kier alpha value is -2.36. The van der Waals surface area contributed by atoms with E-state index in [0.29, 0.717) is 12.1 Å². The van der Waals surface area contributed by atoms with E-state index in [0.717, 1.165) is 19.3 Å². The zero-order valence-electron chi connectivity index (χ0n) is 14.7. The lowest BCUT2D eigenvalue weighted by molar-refractivity contribution is -0.132. The van der Waals surface area contributed by atoms with Crippen LogP contribution in [0, 0.1) is 5.92 Å². The molecule has 1 aromatic rings. The average molecular weight is 393 g/mol. The molecular formula is C18H23N3O5S. The number of hydrogen-bond donors (Lipinski definition) is 3. The van der Waals surface area contributed by atoms with Crippen LogP contribution in [0.25, 0.3) is 0 Å².